The van der Waals surface area contributed by atoms with E-state index in [9.17, 15) is 22.4 Å². The van der Waals surface area contributed by atoms with Crippen LogP contribution < -0.4 is 9.62 Å². The second-order valence-electron chi connectivity index (χ2n) is 10.1. The minimum atomic E-state index is -3.81. The van der Waals surface area contributed by atoms with Gasteiger partial charge in [0.05, 0.1) is 11.9 Å². The Morgan fingerprint density at radius 1 is 0.976 bits per heavy atom. The van der Waals surface area contributed by atoms with Crippen molar-refractivity contribution >= 4 is 39.1 Å². The molecule has 0 aliphatic rings. The zero-order valence-corrected chi connectivity index (χ0v) is 25.2. The standard InChI is InChI=1S/C31H37ClFN3O4S/c1-4-23(2)34-31(38)29(21-24-12-6-5-7-13-24)35(22-25-14-10-15-26(32)20-25)30(37)18-11-19-36(41(3,39)40)28-17-9-8-16-27(28)33/h5-10,12-17,20,23,29H,4,11,18-19,21-22H2,1-3H3,(H,34,38)/t23-,29+/m0/s1. The van der Waals surface area contributed by atoms with Gasteiger partial charge in [-0.1, -0.05) is 73.1 Å². The molecule has 10 heteroatoms. The number of nitrogens with one attached hydrogen (secondary N) is 1. The second kappa shape index (κ2) is 15.0. The van der Waals surface area contributed by atoms with Crippen LogP contribution in [0.5, 0.6) is 0 Å². The number of anilines is 1. The average molecular weight is 602 g/mol. The van der Waals surface area contributed by atoms with Gasteiger partial charge in [0.2, 0.25) is 21.8 Å². The predicted octanol–water partition coefficient (Wildman–Crippen LogP) is 5.58. The average Bonchev–Trinajstić information content (AvgIpc) is 2.93. The summed E-state index contributed by atoms with van der Waals surface area (Å²) in [5.74, 6) is -1.27. The molecule has 2 amide bonds. The van der Waals surface area contributed by atoms with Crippen LogP contribution in [-0.4, -0.2) is 50.0 Å². The molecule has 0 fully saturated rings. The third-order valence-electron chi connectivity index (χ3n) is 6.79. The van der Waals surface area contributed by atoms with Crippen molar-refractivity contribution in [3.63, 3.8) is 0 Å². The van der Waals surface area contributed by atoms with Gasteiger partial charge >= 0.3 is 0 Å². The molecule has 0 saturated heterocycles. The first-order valence-corrected chi connectivity index (χ1v) is 15.8. The van der Waals surface area contributed by atoms with Crippen molar-refractivity contribution in [2.75, 3.05) is 17.1 Å². The van der Waals surface area contributed by atoms with E-state index in [1.54, 1.807) is 24.3 Å². The van der Waals surface area contributed by atoms with E-state index in [2.05, 4.69) is 5.32 Å². The molecule has 2 atom stereocenters. The van der Waals surface area contributed by atoms with Crippen LogP contribution in [0.2, 0.25) is 5.02 Å². The Kier molecular flexibility index (Phi) is 11.7. The lowest BCUT2D eigenvalue weighted by molar-refractivity contribution is -0.141. The van der Waals surface area contributed by atoms with E-state index in [0.717, 1.165) is 28.1 Å². The lowest BCUT2D eigenvalue weighted by atomic mass is 10.0. The Hall–Kier alpha value is -3.43. The Morgan fingerprint density at radius 2 is 1.63 bits per heavy atom. The molecule has 220 valence electrons. The fraction of sp³-hybridized carbons (Fsp3) is 0.355. The number of sulfonamides is 1. The van der Waals surface area contributed by atoms with Gasteiger partial charge in [0.15, 0.2) is 0 Å². The maximum absolute atomic E-state index is 14.5. The highest BCUT2D eigenvalue weighted by molar-refractivity contribution is 7.92. The third kappa shape index (κ3) is 9.57. The Labute approximate surface area is 247 Å². The van der Waals surface area contributed by atoms with E-state index in [1.807, 2.05) is 50.2 Å². The first kappa shape index (κ1) is 32.1. The zero-order chi connectivity index (χ0) is 30.0. The number of para-hydroxylation sites is 1. The van der Waals surface area contributed by atoms with Crippen LogP contribution in [0.3, 0.4) is 0 Å². The molecule has 0 heterocycles. The molecule has 0 radical (unpaired) electrons. The molecule has 0 unspecified atom stereocenters. The van der Waals surface area contributed by atoms with Gasteiger partial charge in [0.1, 0.15) is 11.9 Å². The molecule has 3 rings (SSSR count). The molecule has 7 nitrogen and oxygen atoms in total. The van der Waals surface area contributed by atoms with Crippen LogP contribution >= 0.6 is 11.6 Å². The molecule has 3 aromatic carbocycles. The number of amides is 2. The molecule has 0 bridgehead atoms. The molecule has 0 saturated carbocycles. The second-order valence-corrected chi connectivity index (χ2v) is 12.4. The van der Waals surface area contributed by atoms with Crippen LogP contribution in [0.25, 0.3) is 0 Å². The lowest BCUT2D eigenvalue weighted by Crippen LogP contribution is -2.52. The Morgan fingerprint density at radius 3 is 2.27 bits per heavy atom. The minimum Gasteiger partial charge on any atom is -0.352 e. The summed E-state index contributed by atoms with van der Waals surface area (Å²) in [5, 5.41) is 3.52. The largest absolute Gasteiger partial charge is 0.352 e. The number of hydrogen-bond donors (Lipinski definition) is 1. The number of hydrogen-bond acceptors (Lipinski definition) is 4. The van der Waals surface area contributed by atoms with Crippen molar-refractivity contribution < 1.29 is 22.4 Å². The first-order chi connectivity index (χ1) is 19.5. The zero-order valence-electron chi connectivity index (χ0n) is 23.6. The van der Waals surface area contributed by atoms with Gasteiger partial charge in [-0.05, 0) is 55.2 Å². The highest BCUT2D eigenvalue weighted by Crippen LogP contribution is 2.23. The maximum Gasteiger partial charge on any atom is 0.243 e. The number of halogens is 2. The highest BCUT2D eigenvalue weighted by Gasteiger charge is 2.31. The quantitative estimate of drug-likeness (QED) is 0.261. The van der Waals surface area contributed by atoms with E-state index in [0.29, 0.717) is 11.4 Å². The minimum absolute atomic E-state index is 0.0526. The maximum atomic E-state index is 14.5. The summed E-state index contributed by atoms with van der Waals surface area (Å²) in [6.45, 7) is 3.91. The smallest absolute Gasteiger partial charge is 0.243 e. The molecule has 0 spiro atoms. The van der Waals surface area contributed by atoms with Gasteiger partial charge < -0.3 is 10.2 Å². The van der Waals surface area contributed by atoms with E-state index < -0.39 is 21.9 Å². The Balaban J connectivity index is 1.90. The molecule has 1 N–H and O–H groups in total. The van der Waals surface area contributed by atoms with Crippen LogP contribution in [-0.2, 0) is 32.6 Å². The molecule has 0 aromatic heterocycles. The summed E-state index contributed by atoms with van der Waals surface area (Å²) in [7, 11) is -3.81. The van der Waals surface area contributed by atoms with Crippen LogP contribution in [0, 0.1) is 5.82 Å². The number of carbonyl (C=O) groups is 2. The Bertz CT molecular complexity index is 1420. The van der Waals surface area contributed by atoms with Crippen LogP contribution in [0.15, 0.2) is 78.9 Å². The molecule has 0 aliphatic heterocycles. The predicted molar refractivity (Wildman–Crippen MR) is 162 cm³/mol. The third-order valence-corrected chi connectivity index (χ3v) is 8.20. The van der Waals surface area contributed by atoms with Crippen molar-refractivity contribution in [3.8, 4) is 0 Å². The molecule has 41 heavy (non-hydrogen) atoms. The van der Waals surface area contributed by atoms with Gasteiger partial charge in [-0.25, -0.2) is 12.8 Å². The SMILES string of the molecule is CC[C@H](C)NC(=O)[C@@H](Cc1ccccc1)N(Cc1cccc(Cl)c1)C(=O)CCCN(c1ccccc1F)S(C)(=O)=O. The fourth-order valence-electron chi connectivity index (χ4n) is 4.46. The molecule has 3 aromatic rings. The van der Waals surface area contributed by atoms with E-state index in [-0.39, 0.29) is 49.5 Å². The van der Waals surface area contributed by atoms with Crippen molar-refractivity contribution in [1.82, 2.24) is 10.2 Å². The fourth-order valence-corrected chi connectivity index (χ4v) is 5.64. The number of benzene rings is 3. The van der Waals surface area contributed by atoms with Gasteiger partial charge in [0.25, 0.3) is 0 Å². The molecule has 0 aliphatic carbocycles. The first-order valence-electron chi connectivity index (χ1n) is 13.6. The van der Waals surface area contributed by atoms with Gasteiger partial charge in [-0.3, -0.25) is 13.9 Å². The summed E-state index contributed by atoms with van der Waals surface area (Å²) in [5.41, 5.74) is 1.57. The molecular weight excluding hydrogens is 565 g/mol. The van der Waals surface area contributed by atoms with E-state index in [1.165, 1.54) is 23.1 Å². The highest BCUT2D eigenvalue weighted by atomic mass is 35.5. The van der Waals surface area contributed by atoms with Crippen molar-refractivity contribution in [2.45, 2.75) is 58.2 Å². The van der Waals surface area contributed by atoms with Crippen molar-refractivity contribution in [3.05, 3.63) is 101 Å². The summed E-state index contributed by atoms with van der Waals surface area (Å²) < 4.78 is 40.4. The van der Waals surface area contributed by atoms with Gasteiger partial charge in [-0.2, -0.15) is 0 Å². The normalized spacial score (nSPS) is 12.8. The summed E-state index contributed by atoms with van der Waals surface area (Å²) in [4.78, 5) is 29.0. The number of carbonyl (C=O) groups excluding carboxylic acids is 2. The number of rotatable bonds is 14. The van der Waals surface area contributed by atoms with Crippen molar-refractivity contribution in [2.24, 2.45) is 0 Å². The topological polar surface area (TPSA) is 86.8 Å². The lowest BCUT2D eigenvalue weighted by Gasteiger charge is -2.32. The van der Waals surface area contributed by atoms with E-state index >= 15 is 0 Å². The van der Waals surface area contributed by atoms with Gasteiger partial charge in [-0.15, -0.1) is 0 Å². The summed E-state index contributed by atoms with van der Waals surface area (Å²) in [6, 6.07) is 21.3. The van der Waals surface area contributed by atoms with Crippen molar-refractivity contribution in [1.29, 1.82) is 0 Å². The van der Waals surface area contributed by atoms with Crippen LogP contribution in [0.1, 0.15) is 44.2 Å². The molecular formula is C31H37ClFN3O4S. The summed E-state index contributed by atoms with van der Waals surface area (Å²) in [6.07, 6.45) is 2.09. The van der Waals surface area contributed by atoms with E-state index in [4.69, 9.17) is 11.6 Å². The monoisotopic (exact) mass is 601 g/mol. The van der Waals surface area contributed by atoms with Gasteiger partial charge in [0, 0.05) is 37.0 Å². The number of nitrogens with zero attached hydrogens (tertiary/aromatic N) is 2. The summed E-state index contributed by atoms with van der Waals surface area (Å²) >= 11 is 6.22. The van der Waals surface area contributed by atoms with Crippen LogP contribution in [0.4, 0.5) is 10.1 Å².